The molecule has 3 aromatic rings. The zero-order chi connectivity index (χ0) is 20.2. The van der Waals surface area contributed by atoms with Crippen LogP contribution in [0.1, 0.15) is 42.4 Å². The van der Waals surface area contributed by atoms with E-state index in [-0.39, 0.29) is 23.9 Å². The highest BCUT2D eigenvalue weighted by Crippen LogP contribution is 2.20. The second-order valence-electron chi connectivity index (χ2n) is 7.34. The van der Waals surface area contributed by atoms with Gasteiger partial charge in [-0.05, 0) is 44.0 Å². The maximum absolute atomic E-state index is 12.9. The summed E-state index contributed by atoms with van der Waals surface area (Å²) < 4.78 is 0. The van der Waals surface area contributed by atoms with Crippen LogP contribution in [-0.2, 0) is 11.2 Å². The molecule has 0 saturated carbocycles. The molecule has 2 N–H and O–H groups in total. The highest BCUT2D eigenvalue weighted by molar-refractivity contribution is 5.94. The number of nitrogens with one attached hydrogen (secondary N) is 2. The summed E-state index contributed by atoms with van der Waals surface area (Å²) in [6.07, 6.45) is 5.65. The van der Waals surface area contributed by atoms with Crippen LogP contribution in [0.3, 0.4) is 0 Å². The number of likely N-dealkylation sites (tertiary alicyclic amines) is 1. The van der Waals surface area contributed by atoms with Gasteiger partial charge in [-0.3, -0.25) is 9.59 Å². The lowest BCUT2D eigenvalue weighted by molar-refractivity contribution is -0.122. The number of H-pyrrole nitrogens is 1. The van der Waals surface area contributed by atoms with Crippen LogP contribution in [0.5, 0.6) is 0 Å². The van der Waals surface area contributed by atoms with E-state index in [4.69, 9.17) is 0 Å². The Labute approximate surface area is 167 Å². The van der Waals surface area contributed by atoms with Gasteiger partial charge in [0, 0.05) is 43.1 Å². The molecule has 2 atom stereocenters. The van der Waals surface area contributed by atoms with Crippen molar-refractivity contribution >= 4 is 22.8 Å². The van der Waals surface area contributed by atoms with E-state index < -0.39 is 0 Å². The molecule has 0 aliphatic carbocycles. The normalized spacial score (nSPS) is 19.3. The molecule has 1 aliphatic heterocycles. The van der Waals surface area contributed by atoms with Gasteiger partial charge in [0.25, 0.3) is 5.91 Å². The second-order valence-corrected chi connectivity index (χ2v) is 7.34. The van der Waals surface area contributed by atoms with Crippen molar-refractivity contribution in [2.45, 2.75) is 44.7 Å². The van der Waals surface area contributed by atoms with Gasteiger partial charge in [0.15, 0.2) is 5.65 Å². The van der Waals surface area contributed by atoms with E-state index in [1.807, 2.05) is 30.0 Å². The fourth-order valence-corrected chi connectivity index (χ4v) is 3.71. The van der Waals surface area contributed by atoms with Gasteiger partial charge in [-0.25, -0.2) is 9.97 Å². The monoisotopic (exact) mass is 393 g/mol. The van der Waals surface area contributed by atoms with Gasteiger partial charge in [-0.15, -0.1) is 0 Å². The highest BCUT2D eigenvalue weighted by atomic mass is 16.2. The minimum Gasteiger partial charge on any atom is -0.353 e. The first-order valence-electron chi connectivity index (χ1n) is 9.77. The van der Waals surface area contributed by atoms with E-state index in [2.05, 4.69) is 30.7 Å². The first-order chi connectivity index (χ1) is 14.1. The number of aromatic amines is 1. The third kappa shape index (κ3) is 4.39. The molecule has 1 aliphatic rings. The Morgan fingerprint density at radius 2 is 2.21 bits per heavy atom. The summed E-state index contributed by atoms with van der Waals surface area (Å²) in [6.45, 7) is 2.58. The van der Waals surface area contributed by atoms with Crippen molar-refractivity contribution in [2.75, 3.05) is 6.54 Å². The van der Waals surface area contributed by atoms with Gasteiger partial charge < -0.3 is 10.2 Å². The van der Waals surface area contributed by atoms with Crippen molar-refractivity contribution in [3.63, 3.8) is 0 Å². The van der Waals surface area contributed by atoms with Crippen LogP contribution in [0.2, 0.25) is 0 Å². The zero-order valence-electron chi connectivity index (χ0n) is 16.2. The largest absolute Gasteiger partial charge is 0.353 e. The van der Waals surface area contributed by atoms with Gasteiger partial charge in [0.05, 0.1) is 11.9 Å². The number of pyridine rings is 2. The number of carbonyl (C=O) groups excluding carboxylic acids is 2. The van der Waals surface area contributed by atoms with Crippen LogP contribution >= 0.6 is 0 Å². The minimum atomic E-state index is -0.0964. The average Bonchev–Trinajstić information content (AvgIpc) is 3.25. The summed E-state index contributed by atoms with van der Waals surface area (Å²) in [5.41, 5.74) is 1.74. The predicted octanol–water partition coefficient (Wildman–Crippen LogP) is 1.49. The molecule has 0 aromatic carbocycles. The fourth-order valence-electron chi connectivity index (χ4n) is 3.71. The number of fused-ring (bicyclic) bond motifs is 1. The van der Waals surface area contributed by atoms with E-state index in [1.165, 1.54) is 0 Å². The summed E-state index contributed by atoms with van der Waals surface area (Å²) >= 11 is 0. The van der Waals surface area contributed by atoms with Crippen LogP contribution in [0.4, 0.5) is 0 Å². The lowest BCUT2D eigenvalue weighted by Crippen LogP contribution is -2.51. The molecule has 9 heteroatoms. The van der Waals surface area contributed by atoms with E-state index in [0.29, 0.717) is 37.1 Å². The lowest BCUT2D eigenvalue weighted by atomic mass is 9.97. The summed E-state index contributed by atoms with van der Waals surface area (Å²) in [5, 5.41) is 14.2. The molecular formula is C20H23N7O2. The van der Waals surface area contributed by atoms with Gasteiger partial charge >= 0.3 is 0 Å². The standard InChI is InChI=1S/C20H23N7O2/c1-13-11-15(23-18(28)7-5-16-12-22-26-25-16)8-10-27(13)20(29)17-6-4-14-3-2-9-21-19(14)24-17/h2-4,6,9,12-13,15H,5,7-8,10-11H2,1H3,(H,23,28)(H,22,25,26). The van der Waals surface area contributed by atoms with E-state index in [1.54, 1.807) is 18.5 Å². The SMILES string of the molecule is CC1CC(NC(=O)CCc2cn[nH]n2)CCN1C(=O)c1ccc2cccnc2n1. The molecule has 2 amide bonds. The summed E-state index contributed by atoms with van der Waals surface area (Å²) in [4.78, 5) is 35.6. The van der Waals surface area contributed by atoms with Crippen molar-refractivity contribution in [3.05, 3.63) is 48.0 Å². The quantitative estimate of drug-likeness (QED) is 0.678. The number of aromatic nitrogens is 5. The van der Waals surface area contributed by atoms with Crippen LogP contribution in [0, 0.1) is 0 Å². The van der Waals surface area contributed by atoms with E-state index >= 15 is 0 Å². The fraction of sp³-hybridized carbons (Fsp3) is 0.400. The third-order valence-corrected chi connectivity index (χ3v) is 5.26. The number of hydrogen-bond acceptors (Lipinski definition) is 6. The average molecular weight is 393 g/mol. The Bertz CT molecular complexity index is 1000. The maximum Gasteiger partial charge on any atom is 0.272 e. The molecule has 9 nitrogen and oxygen atoms in total. The molecule has 0 radical (unpaired) electrons. The van der Waals surface area contributed by atoms with Crippen molar-refractivity contribution in [3.8, 4) is 0 Å². The first kappa shape index (κ1) is 19.0. The number of aryl methyl sites for hydroxylation is 1. The number of nitrogens with zero attached hydrogens (tertiary/aromatic N) is 5. The lowest BCUT2D eigenvalue weighted by Gasteiger charge is -2.37. The topological polar surface area (TPSA) is 117 Å². The van der Waals surface area contributed by atoms with Crippen molar-refractivity contribution in [1.82, 2.24) is 35.6 Å². The number of amides is 2. The van der Waals surface area contributed by atoms with Gasteiger partial charge in [-0.2, -0.15) is 15.4 Å². The van der Waals surface area contributed by atoms with Gasteiger partial charge in [0.2, 0.25) is 5.91 Å². The Kier molecular flexibility index (Phi) is 5.46. The molecule has 2 unspecified atom stereocenters. The molecule has 0 bridgehead atoms. The highest BCUT2D eigenvalue weighted by Gasteiger charge is 2.30. The maximum atomic E-state index is 12.9. The number of piperidine rings is 1. The van der Waals surface area contributed by atoms with Crippen LogP contribution in [0.15, 0.2) is 36.7 Å². The van der Waals surface area contributed by atoms with Gasteiger partial charge in [0.1, 0.15) is 5.69 Å². The molecule has 1 saturated heterocycles. The number of carbonyl (C=O) groups is 2. The number of hydrogen-bond donors (Lipinski definition) is 2. The van der Waals surface area contributed by atoms with Gasteiger partial charge in [-0.1, -0.05) is 0 Å². The van der Waals surface area contributed by atoms with Crippen molar-refractivity contribution in [2.24, 2.45) is 0 Å². The van der Waals surface area contributed by atoms with Crippen LogP contribution in [0.25, 0.3) is 11.0 Å². The molecule has 150 valence electrons. The Morgan fingerprint density at radius 3 is 3.00 bits per heavy atom. The molecule has 4 heterocycles. The molecule has 0 spiro atoms. The van der Waals surface area contributed by atoms with E-state index in [9.17, 15) is 9.59 Å². The Morgan fingerprint density at radius 1 is 1.31 bits per heavy atom. The summed E-state index contributed by atoms with van der Waals surface area (Å²) in [7, 11) is 0. The van der Waals surface area contributed by atoms with Crippen LogP contribution < -0.4 is 5.32 Å². The van der Waals surface area contributed by atoms with Crippen molar-refractivity contribution in [1.29, 1.82) is 0 Å². The molecular weight excluding hydrogens is 370 g/mol. The predicted molar refractivity (Wildman–Crippen MR) is 106 cm³/mol. The second kappa shape index (κ2) is 8.34. The smallest absolute Gasteiger partial charge is 0.272 e. The van der Waals surface area contributed by atoms with Crippen molar-refractivity contribution < 1.29 is 9.59 Å². The molecule has 29 heavy (non-hydrogen) atoms. The molecule has 1 fully saturated rings. The Hall–Kier alpha value is -3.36. The minimum absolute atomic E-state index is 0.00718. The summed E-state index contributed by atoms with van der Waals surface area (Å²) in [6, 6.07) is 7.45. The number of rotatable bonds is 5. The van der Waals surface area contributed by atoms with Crippen LogP contribution in [-0.4, -0.2) is 60.7 Å². The summed E-state index contributed by atoms with van der Waals surface area (Å²) in [5.74, 6) is -0.104. The zero-order valence-corrected chi connectivity index (χ0v) is 16.2. The Balaban J connectivity index is 1.33. The molecule has 3 aromatic heterocycles. The molecule has 4 rings (SSSR count). The first-order valence-corrected chi connectivity index (χ1v) is 9.77. The van der Waals surface area contributed by atoms with E-state index in [0.717, 1.165) is 17.5 Å². The third-order valence-electron chi connectivity index (χ3n) is 5.26.